The molecule has 0 N–H and O–H groups in total. The Bertz CT molecular complexity index is 518. The van der Waals surface area contributed by atoms with E-state index in [1.54, 1.807) is 12.1 Å². The molecule has 0 amide bonds. The van der Waals surface area contributed by atoms with Gasteiger partial charge < -0.3 is 4.74 Å². The lowest BCUT2D eigenvalue weighted by Crippen LogP contribution is -2.27. The van der Waals surface area contributed by atoms with Crippen LogP contribution in [0.25, 0.3) is 0 Å². The minimum atomic E-state index is -1.30. The summed E-state index contributed by atoms with van der Waals surface area (Å²) in [5.74, 6) is -4.11. The Kier molecular flexibility index (Phi) is 5.57. The van der Waals surface area contributed by atoms with Crippen molar-refractivity contribution in [2.75, 3.05) is 6.61 Å². The Labute approximate surface area is 118 Å². The second-order valence-electron chi connectivity index (χ2n) is 3.58. The summed E-state index contributed by atoms with van der Waals surface area (Å²) in [7, 11) is 0. The maximum absolute atomic E-state index is 11.7. The maximum Gasteiger partial charge on any atom is 0.382 e. The number of benzene rings is 1. The van der Waals surface area contributed by atoms with Crippen LogP contribution >= 0.6 is 15.9 Å². The summed E-state index contributed by atoms with van der Waals surface area (Å²) in [6.45, 7) is 1.52. The number of carbonyl (C=O) groups is 4. The maximum atomic E-state index is 11.7. The molecule has 0 atom stereocenters. The van der Waals surface area contributed by atoms with Crippen LogP contribution in [0.15, 0.2) is 28.7 Å². The van der Waals surface area contributed by atoms with Gasteiger partial charge in [-0.3, -0.25) is 14.4 Å². The van der Waals surface area contributed by atoms with E-state index < -0.39 is 29.7 Å². The third-order valence-corrected chi connectivity index (χ3v) is 2.73. The van der Waals surface area contributed by atoms with Crippen molar-refractivity contribution in [1.29, 1.82) is 0 Å². The highest BCUT2D eigenvalue weighted by molar-refractivity contribution is 9.10. The van der Waals surface area contributed by atoms with E-state index in [9.17, 15) is 19.2 Å². The molecule has 0 spiro atoms. The van der Waals surface area contributed by atoms with Gasteiger partial charge in [-0.15, -0.1) is 0 Å². The molecule has 0 aromatic heterocycles. The van der Waals surface area contributed by atoms with Crippen LogP contribution in [0.4, 0.5) is 0 Å². The Balaban J connectivity index is 2.66. The van der Waals surface area contributed by atoms with Gasteiger partial charge in [-0.05, 0) is 19.1 Å². The summed E-state index contributed by atoms with van der Waals surface area (Å²) < 4.78 is 5.19. The zero-order valence-electron chi connectivity index (χ0n) is 10.1. The van der Waals surface area contributed by atoms with Gasteiger partial charge >= 0.3 is 11.8 Å². The van der Waals surface area contributed by atoms with Gasteiger partial charge in [-0.2, -0.15) is 0 Å². The van der Waals surface area contributed by atoms with Crippen molar-refractivity contribution < 1.29 is 23.9 Å². The van der Waals surface area contributed by atoms with Crippen molar-refractivity contribution >= 4 is 39.2 Å². The largest absolute Gasteiger partial charge is 0.460 e. The summed E-state index contributed by atoms with van der Waals surface area (Å²) >= 11 is 3.21. The van der Waals surface area contributed by atoms with Gasteiger partial charge in [0, 0.05) is 10.0 Å². The molecular weight excluding hydrogens is 316 g/mol. The molecule has 5 nitrogen and oxygen atoms in total. The number of halogens is 1. The minimum absolute atomic E-state index is 0.00148. The van der Waals surface area contributed by atoms with E-state index in [1.165, 1.54) is 19.1 Å². The SMILES string of the molecule is CCOC(=O)C(=O)C(=O)CC(=O)c1ccc(Br)cc1. The lowest BCUT2D eigenvalue weighted by atomic mass is 10.0. The summed E-state index contributed by atoms with van der Waals surface area (Å²) in [5.41, 5.74) is 0.299. The number of hydrogen-bond donors (Lipinski definition) is 0. The van der Waals surface area contributed by atoms with Gasteiger partial charge in [0.2, 0.25) is 5.78 Å². The fourth-order valence-corrected chi connectivity index (χ4v) is 1.54. The molecule has 0 saturated heterocycles. The van der Waals surface area contributed by atoms with E-state index in [2.05, 4.69) is 20.7 Å². The molecule has 0 saturated carbocycles. The normalized spacial score (nSPS) is 9.79. The van der Waals surface area contributed by atoms with E-state index in [0.717, 1.165) is 4.47 Å². The number of carbonyl (C=O) groups excluding carboxylic acids is 4. The first kappa shape index (κ1) is 15.2. The highest BCUT2D eigenvalue weighted by Gasteiger charge is 2.26. The van der Waals surface area contributed by atoms with E-state index in [0.29, 0.717) is 5.56 Å². The quantitative estimate of drug-likeness (QED) is 0.344. The zero-order valence-corrected chi connectivity index (χ0v) is 11.7. The molecule has 1 rings (SSSR count). The molecule has 100 valence electrons. The standard InChI is InChI=1S/C13H11BrO5/c1-2-19-13(18)12(17)11(16)7-10(15)8-3-5-9(14)6-4-8/h3-6H,2,7H2,1H3. The average molecular weight is 327 g/mol. The number of hydrogen-bond acceptors (Lipinski definition) is 5. The second kappa shape index (κ2) is 6.94. The topological polar surface area (TPSA) is 77.5 Å². The molecule has 1 aromatic rings. The molecule has 0 bridgehead atoms. The highest BCUT2D eigenvalue weighted by atomic mass is 79.9. The molecule has 1 aromatic carbocycles. The van der Waals surface area contributed by atoms with Crippen LogP contribution in [-0.2, 0) is 19.1 Å². The fraction of sp³-hybridized carbons (Fsp3) is 0.231. The number of rotatable bonds is 6. The van der Waals surface area contributed by atoms with Gasteiger partial charge in [0.1, 0.15) is 0 Å². The van der Waals surface area contributed by atoms with Gasteiger partial charge in [0.25, 0.3) is 0 Å². The Morgan fingerprint density at radius 1 is 1.11 bits per heavy atom. The second-order valence-corrected chi connectivity index (χ2v) is 4.50. The van der Waals surface area contributed by atoms with Crippen LogP contribution in [-0.4, -0.2) is 29.9 Å². The zero-order chi connectivity index (χ0) is 14.4. The molecule has 6 heteroatoms. The first-order valence-electron chi connectivity index (χ1n) is 5.48. The summed E-state index contributed by atoms with van der Waals surface area (Å²) in [4.78, 5) is 45.4. The smallest absolute Gasteiger partial charge is 0.382 e. The van der Waals surface area contributed by atoms with Gasteiger partial charge in [0.15, 0.2) is 5.78 Å². The number of ketones is 3. The van der Waals surface area contributed by atoms with Gasteiger partial charge in [0.05, 0.1) is 13.0 Å². The molecule has 0 radical (unpaired) electrons. The predicted octanol–water partition coefficient (Wildman–Crippen LogP) is 1.72. The lowest BCUT2D eigenvalue weighted by molar-refractivity contribution is -0.156. The molecule has 0 heterocycles. The van der Waals surface area contributed by atoms with Crippen LogP contribution in [0.1, 0.15) is 23.7 Å². The molecular formula is C13H11BrO5. The molecule has 0 fully saturated rings. The number of esters is 1. The molecule has 19 heavy (non-hydrogen) atoms. The van der Waals surface area contributed by atoms with Gasteiger partial charge in [-0.1, -0.05) is 28.1 Å². The molecule has 0 aliphatic heterocycles. The minimum Gasteiger partial charge on any atom is -0.460 e. The van der Waals surface area contributed by atoms with Crippen molar-refractivity contribution in [3.8, 4) is 0 Å². The van der Waals surface area contributed by atoms with Gasteiger partial charge in [-0.25, -0.2) is 4.79 Å². The van der Waals surface area contributed by atoms with Crippen molar-refractivity contribution in [3.05, 3.63) is 34.3 Å². The number of ether oxygens (including phenoxy) is 1. The van der Waals surface area contributed by atoms with Crippen molar-refractivity contribution in [3.63, 3.8) is 0 Å². The van der Waals surface area contributed by atoms with E-state index in [1.807, 2.05) is 0 Å². The van der Waals surface area contributed by atoms with Crippen molar-refractivity contribution in [2.24, 2.45) is 0 Å². The van der Waals surface area contributed by atoms with Crippen LogP contribution in [0, 0.1) is 0 Å². The highest BCUT2D eigenvalue weighted by Crippen LogP contribution is 2.12. The summed E-state index contributed by atoms with van der Waals surface area (Å²) in [6, 6.07) is 6.33. The monoisotopic (exact) mass is 326 g/mol. The average Bonchev–Trinajstić information content (AvgIpc) is 2.38. The lowest BCUT2D eigenvalue weighted by Gasteiger charge is -2.01. The first-order chi connectivity index (χ1) is 8.95. The van der Waals surface area contributed by atoms with Crippen molar-refractivity contribution in [2.45, 2.75) is 13.3 Å². The van der Waals surface area contributed by atoms with Crippen LogP contribution < -0.4 is 0 Å². The Hall–Kier alpha value is -1.82. The Morgan fingerprint density at radius 2 is 1.68 bits per heavy atom. The van der Waals surface area contributed by atoms with Crippen LogP contribution in [0.5, 0.6) is 0 Å². The van der Waals surface area contributed by atoms with Crippen molar-refractivity contribution in [1.82, 2.24) is 0 Å². The third kappa shape index (κ3) is 4.40. The van der Waals surface area contributed by atoms with E-state index in [-0.39, 0.29) is 6.61 Å². The summed E-state index contributed by atoms with van der Waals surface area (Å²) in [6.07, 6.45) is -0.640. The van der Waals surface area contributed by atoms with E-state index >= 15 is 0 Å². The molecule has 0 unspecified atom stereocenters. The fourth-order valence-electron chi connectivity index (χ4n) is 1.27. The number of Topliss-reactive ketones (excluding diaryl/α,β-unsaturated/α-hetero) is 3. The van der Waals surface area contributed by atoms with Crippen LogP contribution in [0.3, 0.4) is 0 Å². The predicted molar refractivity (Wildman–Crippen MR) is 69.7 cm³/mol. The molecule has 0 aliphatic carbocycles. The van der Waals surface area contributed by atoms with E-state index in [4.69, 9.17) is 0 Å². The Morgan fingerprint density at radius 3 is 2.21 bits per heavy atom. The summed E-state index contributed by atoms with van der Waals surface area (Å²) in [5, 5.41) is 0. The first-order valence-corrected chi connectivity index (χ1v) is 6.28. The van der Waals surface area contributed by atoms with Crippen LogP contribution in [0.2, 0.25) is 0 Å². The molecule has 0 aliphatic rings. The third-order valence-electron chi connectivity index (χ3n) is 2.20.